The van der Waals surface area contributed by atoms with E-state index in [1.54, 1.807) is 18.5 Å². The van der Waals surface area contributed by atoms with Gasteiger partial charge in [-0.25, -0.2) is 0 Å². The van der Waals surface area contributed by atoms with Gasteiger partial charge in [0.1, 0.15) is 0 Å². The molecular formula is C11H8N4O. The van der Waals surface area contributed by atoms with Crippen LogP contribution >= 0.6 is 0 Å². The summed E-state index contributed by atoms with van der Waals surface area (Å²) in [6, 6.07) is 7.52. The number of aromatic nitrogens is 3. The second kappa shape index (κ2) is 3.30. The van der Waals surface area contributed by atoms with Gasteiger partial charge in [-0.3, -0.25) is 0 Å². The lowest BCUT2D eigenvalue weighted by Crippen LogP contribution is -1.83. The Labute approximate surface area is 90.9 Å². The van der Waals surface area contributed by atoms with E-state index in [-0.39, 0.29) is 0 Å². The van der Waals surface area contributed by atoms with Crippen LogP contribution in [0.4, 0.5) is 5.82 Å². The van der Waals surface area contributed by atoms with Gasteiger partial charge in [-0.15, -0.1) is 0 Å². The first-order valence-electron chi connectivity index (χ1n) is 4.76. The van der Waals surface area contributed by atoms with E-state index < -0.39 is 0 Å². The Morgan fingerprint density at radius 3 is 2.81 bits per heavy atom. The number of nitrogens with zero attached hydrogens (tertiary/aromatic N) is 3. The van der Waals surface area contributed by atoms with Crippen LogP contribution in [0.15, 0.2) is 41.2 Å². The monoisotopic (exact) mass is 212 g/mol. The Morgan fingerprint density at radius 2 is 2.00 bits per heavy atom. The van der Waals surface area contributed by atoms with Gasteiger partial charge in [0.05, 0.1) is 12.4 Å². The molecule has 0 saturated heterocycles. The molecule has 5 nitrogen and oxygen atoms in total. The van der Waals surface area contributed by atoms with Crippen LogP contribution in [0.3, 0.4) is 0 Å². The molecule has 0 aliphatic carbocycles. The smallest absolute Gasteiger partial charge is 0.169 e. The maximum atomic E-state index is 5.53. The van der Waals surface area contributed by atoms with Gasteiger partial charge in [-0.2, -0.15) is 10.2 Å². The molecule has 0 atom stereocenters. The topological polar surface area (TPSA) is 77.8 Å². The highest BCUT2D eigenvalue weighted by Gasteiger charge is 2.08. The molecule has 0 amide bonds. The van der Waals surface area contributed by atoms with Gasteiger partial charge >= 0.3 is 0 Å². The maximum Gasteiger partial charge on any atom is 0.169 e. The summed E-state index contributed by atoms with van der Waals surface area (Å²) < 4.78 is 5.14. The minimum absolute atomic E-state index is 0.369. The van der Waals surface area contributed by atoms with E-state index >= 15 is 0 Å². The third kappa shape index (κ3) is 1.30. The Balaban J connectivity index is 2.31. The maximum absolute atomic E-state index is 5.53. The number of hydrogen-bond donors (Lipinski definition) is 1. The summed E-state index contributed by atoms with van der Waals surface area (Å²) in [5, 5.41) is 13.3. The minimum Gasteiger partial charge on any atom is -0.381 e. The molecule has 1 aromatic carbocycles. The molecule has 0 fully saturated rings. The van der Waals surface area contributed by atoms with Crippen molar-refractivity contribution in [2.45, 2.75) is 0 Å². The fraction of sp³-hybridized carbons (Fsp3) is 0. The second-order valence-electron chi connectivity index (χ2n) is 3.41. The third-order valence-electron chi connectivity index (χ3n) is 2.38. The number of benzene rings is 1. The first-order valence-corrected chi connectivity index (χ1v) is 4.76. The Bertz CT molecular complexity index is 642. The van der Waals surface area contributed by atoms with E-state index in [2.05, 4.69) is 15.4 Å². The Morgan fingerprint density at radius 1 is 1.12 bits per heavy atom. The fourth-order valence-electron chi connectivity index (χ4n) is 1.66. The van der Waals surface area contributed by atoms with Crippen LogP contribution in [0, 0.1) is 0 Å². The number of fused-ring (bicyclic) bond motifs is 1. The number of nitrogen functional groups attached to an aromatic ring is 1. The van der Waals surface area contributed by atoms with Crippen molar-refractivity contribution in [1.29, 1.82) is 0 Å². The van der Waals surface area contributed by atoms with Gasteiger partial charge < -0.3 is 10.3 Å². The number of nitrogens with two attached hydrogens (primary N) is 1. The molecule has 5 heteroatoms. The largest absolute Gasteiger partial charge is 0.381 e. The molecule has 3 aromatic rings. The van der Waals surface area contributed by atoms with Crippen molar-refractivity contribution >= 4 is 16.6 Å². The van der Waals surface area contributed by atoms with Crippen molar-refractivity contribution in [1.82, 2.24) is 15.4 Å². The van der Waals surface area contributed by atoms with Gasteiger partial charge in [0.2, 0.25) is 0 Å². The summed E-state index contributed by atoms with van der Waals surface area (Å²) in [7, 11) is 0. The lowest BCUT2D eigenvalue weighted by molar-refractivity contribution is 0.436. The lowest BCUT2D eigenvalue weighted by Gasteiger charge is -2.00. The molecule has 0 spiro atoms. The highest BCUT2D eigenvalue weighted by molar-refractivity contribution is 5.94. The van der Waals surface area contributed by atoms with Gasteiger partial charge in [0.25, 0.3) is 0 Å². The standard InChI is InChI=1S/C11H8N4O/c12-11-4-10(16-15-11)8-3-1-2-7-5-13-14-6-9(7)8/h1-6H,(H2,12,15). The van der Waals surface area contributed by atoms with E-state index in [1.165, 1.54) is 0 Å². The molecule has 0 aliphatic rings. The molecular weight excluding hydrogens is 204 g/mol. The third-order valence-corrected chi connectivity index (χ3v) is 2.38. The van der Waals surface area contributed by atoms with Crippen LogP contribution in [0.25, 0.3) is 22.1 Å². The summed E-state index contributed by atoms with van der Waals surface area (Å²) in [6.07, 6.45) is 3.40. The summed E-state index contributed by atoms with van der Waals surface area (Å²) in [4.78, 5) is 0. The second-order valence-corrected chi connectivity index (χ2v) is 3.41. The molecule has 0 saturated carbocycles. The van der Waals surface area contributed by atoms with Crippen LogP contribution in [-0.4, -0.2) is 15.4 Å². The van der Waals surface area contributed by atoms with Gasteiger partial charge in [0.15, 0.2) is 11.6 Å². The highest BCUT2D eigenvalue weighted by atomic mass is 16.5. The summed E-state index contributed by atoms with van der Waals surface area (Å²) in [6.45, 7) is 0. The predicted molar refractivity (Wildman–Crippen MR) is 59.4 cm³/mol. The van der Waals surface area contributed by atoms with Crippen LogP contribution in [-0.2, 0) is 0 Å². The zero-order chi connectivity index (χ0) is 11.0. The zero-order valence-corrected chi connectivity index (χ0v) is 8.29. The molecule has 78 valence electrons. The highest BCUT2D eigenvalue weighted by Crippen LogP contribution is 2.28. The zero-order valence-electron chi connectivity index (χ0n) is 8.29. The summed E-state index contributed by atoms with van der Waals surface area (Å²) in [5.41, 5.74) is 6.44. The number of anilines is 1. The van der Waals surface area contributed by atoms with Crippen molar-refractivity contribution in [2.75, 3.05) is 5.73 Å². The molecule has 0 bridgehead atoms. The molecule has 2 aromatic heterocycles. The predicted octanol–water partition coefficient (Wildman–Crippen LogP) is 1.87. The molecule has 0 unspecified atom stereocenters. The molecule has 0 aliphatic heterocycles. The molecule has 2 heterocycles. The quantitative estimate of drug-likeness (QED) is 0.666. The van der Waals surface area contributed by atoms with Crippen LogP contribution < -0.4 is 5.73 Å². The van der Waals surface area contributed by atoms with Gasteiger partial charge in [0, 0.05) is 22.4 Å². The number of hydrogen-bond acceptors (Lipinski definition) is 5. The van der Waals surface area contributed by atoms with E-state index in [1.807, 2.05) is 18.2 Å². The van der Waals surface area contributed by atoms with Crippen LogP contribution in [0.1, 0.15) is 0 Å². The molecule has 2 N–H and O–H groups in total. The molecule has 3 rings (SSSR count). The normalized spacial score (nSPS) is 10.8. The average molecular weight is 212 g/mol. The van der Waals surface area contributed by atoms with Crippen LogP contribution in [0.2, 0.25) is 0 Å². The van der Waals surface area contributed by atoms with Gasteiger partial charge in [-0.05, 0) is 0 Å². The van der Waals surface area contributed by atoms with Gasteiger partial charge in [-0.1, -0.05) is 23.4 Å². The van der Waals surface area contributed by atoms with Crippen molar-refractivity contribution in [3.8, 4) is 11.3 Å². The van der Waals surface area contributed by atoms with Crippen molar-refractivity contribution in [3.63, 3.8) is 0 Å². The first-order chi connectivity index (χ1) is 7.84. The lowest BCUT2D eigenvalue weighted by atomic mass is 10.1. The van der Waals surface area contributed by atoms with E-state index in [4.69, 9.17) is 10.3 Å². The summed E-state index contributed by atoms with van der Waals surface area (Å²) in [5.74, 6) is 1.00. The molecule has 0 radical (unpaired) electrons. The van der Waals surface area contributed by atoms with E-state index in [9.17, 15) is 0 Å². The Kier molecular flexibility index (Phi) is 1.83. The average Bonchev–Trinajstić information content (AvgIpc) is 2.75. The van der Waals surface area contributed by atoms with E-state index in [0.717, 1.165) is 16.3 Å². The van der Waals surface area contributed by atoms with Crippen molar-refractivity contribution in [2.24, 2.45) is 0 Å². The van der Waals surface area contributed by atoms with Crippen LogP contribution in [0.5, 0.6) is 0 Å². The van der Waals surface area contributed by atoms with E-state index in [0.29, 0.717) is 11.6 Å². The first kappa shape index (κ1) is 8.84. The minimum atomic E-state index is 0.369. The Hall–Kier alpha value is -2.43. The SMILES string of the molecule is Nc1cc(-c2cccc3cnncc23)on1. The van der Waals surface area contributed by atoms with Crippen molar-refractivity contribution < 1.29 is 4.52 Å². The van der Waals surface area contributed by atoms with Crippen molar-refractivity contribution in [3.05, 3.63) is 36.7 Å². The number of rotatable bonds is 1. The fourth-order valence-corrected chi connectivity index (χ4v) is 1.66. The molecule has 16 heavy (non-hydrogen) atoms. The summed E-state index contributed by atoms with van der Waals surface area (Å²) >= 11 is 0.